The fourth-order valence-corrected chi connectivity index (χ4v) is 3.23. The van der Waals surface area contributed by atoms with E-state index < -0.39 is 0 Å². The first kappa shape index (κ1) is 17.3. The second-order valence-corrected chi connectivity index (χ2v) is 6.51. The molecule has 1 aliphatic rings. The lowest BCUT2D eigenvalue weighted by atomic mass is 9.92. The second kappa shape index (κ2) is 7.62. The van der Waals surface area contributed by atoms with Gasteiger partial charge < -0.3 is 18.9 Å². The predicted molar refractivity (Wildman–Crippen MR) is 104 cm³/mol. The fraction of sp³-hybridized carbons (Fsp3) is 0.217. The summed E-state index contributed by atoms with van der Waals surface area (Å²) in [6, 6.07) is 22.3. The van der Waals surface area contributed by atoms with E-state index in [9.17, 15) is 0 Å². The molecule has 0 unspecified atom stereocenters. The van der Waals surface area contributed by atoms with Crippen LogP contribution in [0.5, 0.6) is 23.0 Å². The van der Waals surface area contributed by atoms with E-state index >= 15 is 0 Å². The maximum atomic E-state index is 5.88. The topological polar surface area (TPSA) is 36.9 Å². The van der Waals surface area contributed by atoms with Gasteiger partial charge in [0.15, 0.2) is 11.5 Å². The summed E-state index contributed by atoms with van der Waals surface area (Å²) in [5, 5.41) is 0. The first-order valence-corrected chi connectivity index (χ1v) is 8.99. The average molecular weight is 362 g/mol. The van der Waals surface area contributed by atoms with Crippen molar-refractivity contribution in [1.29, 1.82) is 0 Å². The van der Waals surface area contributed by atoms with Crippen molar-refractivity contribution in [3.63, 3.8) is 0 Å². The van der Waals surface area contributed by atoms with Crippen LogP contribution in [0.1, 0.15) is 29.5 Å². The van der Waals surface area contributed by atoms with Crippen molar-refractivity contribution in [3.05, 3.63) is 83.4 Å². The molecule has 0 aliphatic carbocycles. The number of hydrogen-bond donors (Lipinski definition) is 0. The minimum Gasteiger partial charge on any atom is -0.496 e. The number of hydrogen-bond acceptors (Lipinski definition) is 4. The van der Waals surface area contributed by atoms with Gasteiger partial charge in [0.1, 0.15) is 18.1 Å². The van der Waals surface area contributed by atoms with E-state index in [1.165, 1.54) is 5.56 Å². The molecule has 0 aromatic heterocycles. The minimum absolute atomic E-state index is 0.151. The Balaban J connectivity index is 1.50. The molecule has 4 nitrogen and oxygen atoms in total. The molecule has 0 amide bonds. The van der Waals surface area contributed by atoms with Crippen LogP contribution in [0.2, 0.25) is 0 Å². The van der Waals surface area contributed by atoms with E-state index in [1.54, 1.807) is 7.11 Å². The first-order valence-electron chi connectivity index (χ1n) is 8.99. The smallest absolute Gasteiger partial charge is 0.231 e. The highest BCUT2D eigenvalue weighted by atomic mass is 16.7. The van der Waals surface area contributed by atoms with Crippen LogP contribution in [0.4, 0.5) is 0 Å². The fourth-order valence-electron chi connectivity index (χ4n) is 3.23. The van der Waals surface area contributed by atoms with E-state index in [4.69, 9.17) is 18.9 Å². The molecule has 0 spiro atoms. The Labute approximate surface area is 159 Å². The number of fused-ring (bicyclic) bond motifs is 1. The van der Waals surface area contributed by atoms with Crippen LogP contribution < -0.4 is 18.9 Å². The lowest BCUT2D eigenvalue weighted by Gasteiger charge is -2.17. The molecular formula is C23H22O4. The molecule has 4 heteroatoms. The summed E-state index contributed by atoms with van der Waals surface area (Å²) in [5.41, 5.74) is 3.40. The molecule has 1 heterocycles. The van der Waals surface area contributed by atoms with Gasteiger partial charge in [0.05, 0.1) is 7.11 Å². The van der Waals surface area contributed by atoms with Crippen molar-refractivity contribution >= 4 is 0 Å². The van der Waals surface area contributed by atoms with E-state index in [0.29, 0.717) is 6.61 Å². The van der Waals surface area contributed by atoms with Gasteiger partial charge in [-0.3, -0.25) is 0 Å². The highest BCUT2D eigenvalue weighted by Gasteiger charge is 2.21. The molecule has 1 aliphatic heterocycles. The molecule has 4 rings (SSSR count). The Bertz CT molecular complexity index is 904. The highest BCUT2D eigenvalue weighted by molar-refractivity contribution is 5.54. The monoisotopic (exact) mass is 362 g/mol. The summed E-state index contributed by atoms with van der Waals surface area (Å²) in [5.74, 6) is 3.30. The molecule has 0 N–H and O–H groups in total. The maximum Gasteiger partial charge on any atom is 0.231 e. The molecule has 1 atom stereocenters. The van der Waals surface area contributed by atoms with Crippen LogP contribution in [0.3, 0.4) is 0 Å². The standard InChI is InChI=1S/C23H22O4/c1-16(20-12-22-23(27-15-26-22)13-21(20)24-2)18-8-10-19(11-9-18)25-14-17-6-4-3-5-7-17/h3-13,16H,14-15H2,1-2H3/t16-/m0/s1. The van der Waals surface area contributed by atoms with Gasteiger partial charge in [0.25, 0.3) is 0 Å². The van der Waals surface area contributed by atoms with Crippen LogP contribution in [0.15, 0.2) is 66.7 Å². The third kappa shape index (κ3) is 3.70. The van der Waals surface area contributed by atoms with Crippen molar-refractivity contribution in [2.45, 2.75) is 19.4 Å². The predicted octanol–water partition coefficient (Wildman–Crippen LogP) is 5.15. The molecule has 0 bridgehead atoms. The number of benzene rings is 3. The Morgan fingerprint density at radius 2 is 1.63 bits per heavy atom. The van der Waals surface area contributed by atoms with Gasteiger partial charge in [0, 0.05) is 17.5 Å². The third-order valence-electron chi connectivity index (χ3n) is 4.82. The van der Waals surface area contributed by atoms with Gasteiger partial charge in [0.2, 0.25) is 6.79 Å². The van der Waals surface area contributed by atoms with E-state index in [-0.39, 0.29) is 12.7 Å². The number of rotatable bonds is 6. The Hall–Kier alpha value is -3.14. The zero-order valence-electron chi connectivity index (χ0n) is 15.5. The summed E-state index contributed by atoms with van der Waals surface area (Å²) in [6.45, 7) is 2.97. The molecule has 27 heavy (non-hydrogen) atoms. The molecule has 0 radical (unpaired) electrons. The normalized spacial score (nSPS) is 13.3. The van der Waals surface area contributed by atoms with Crippen molar-refractivity contribution in [2.75, 3.05) is 13.9 Å². The Morgan fingerprint density at radius 3 is 2.33 bits per heavy atom. The largest absolute Gasteiger partial charge is 0.496 e. The summed E-state index contributed by atoms with van der Waals surface area (Å²) in [4.78, 5) is 0. The maximum absolute atomic E-state index is 5.88. The quantitative estimate of drug-likeness (QED) is 0.607. The molecule has 0 saturated carbocycles. The van der Waals surface area contributed by atoms with Crippen molar-refractivity contribution in [3.8, 4) is 23.0 Å². The van der Waals surface area contributed by atoms with Gasteiger partial charge >= 0.3 is 0 Å². The number of methoxy groups -OCH3 is 1. The Morgan fingerprint density at radius 1 is 0.926 bits per heavy atom. The van der Waals surface area contributed by atoms with Gasteiger partial charge in [-0.2, -0.15) is 0 Å². The highest BCUT2D eigenvalue weighted by Crippen LogP contribution is 2.42. The molecule has 138 valence electrons. The summed E-state index contributed by atoms with van der Waals surface area (Å²) in [6.07, 6.45) is 0. The van der Waals surface area contributed by atoms with Gasteiger partial charge in [-0.1, -0.05) is 49.4 Å². The van der Waals surface area contributed by atoms with Gasteiger partial charge in [-0.05, 0) is 29.3 Å². The average Bonchev–Trinajstić information content (AvgIpc) is 3.19. The first-order chi connectivity index (χ1) is 13.2. The zero-order chi connectivity index (χ0) is 18.6. The van der Waals surface area contributed by atoms with Crippen LogP contribution in [-0.4, -0.2) is 13.9 Å². The van der Waals surface area contributed by atoms with Crippen LogP contribution in [0.25, 0.3) is 0 Å². The molecule has 0 fully saturated rings. The van der Waals surface area contributed by atoms with Crippen LogP contribution in [0, 0.1) is 0 Å². The van der Waals surface area contributed by atoms with Crippen molar-refractivity contribution in [2.24, 2.45) is 0 Å². The van der Waals surface area contributed by atoms with Crippen LogP contribution >= 0.6 is 0 Å². The third-order valence-corrected chi connectivity index (χ3v) is 4.82. The van der Waals surface area contributed by atoms with Crippen LogP contribution in [-0.2, 0) is 6.61 Å². The van der Waals surface area contributed by atoms with Gasteiger partial charge in [-0.25, -0.2) is 0 Å². The molecule has 3 aromatic carbocycles. The minimum atomic E-state index is 0.151. The SMILES string of the molecule is COc1cc2c(cc1[C@@H](C)c1ccc(OCc3ccccc3)cc1)OCO2. The second-order valence-electron chi connectivity index (χ2n) is 6.51. The van der Waals surface area contributed by atoms with Gasteiger partial charge in [-0.15, -0.1) is 0 Å². The van der Waals surface area contributed by atoms with E-state index in [0.717, 1.165) is 34.1 Å². The summed E-state index contributed by atoms with van der Waals surface area (Å²) in [7, 11) is 1.67. The summed E-state index contributed by atoms with van der Waals surface area (Å²) >= 11 is 0. The van der Waals surface area contributed by atoms with Crippen molar-refractivity contribution in [1.82, 2.24) is 0 Å². The molecular weight excluding hydrogens is 340 g/mol. The van der Waals surface area contributed by atoms with Crippen molar-refractivity contribution < 1.29 is 18.9 Å². The van der Waals surface area contributed by atoms with E-state index in [1.807, 2.05) is 42.5 Å². The van der Waals surface area contributed by atoms with E-state index in [2.05, 4.69) is 31.2 Å². The summed E-state index contributed by atoms with van der Waals surface area (Å²) < 4.78 is 22.4. The Kier molecular flexibility index (Phi) is 4.88. The lowest BCUT2D eigenvalue weighted by Crippen LogP contribution is -2.00. The lowest BCUT2D eigenvalue weighted by molar-refractivity contribution is 0.174. The molecule has 3 aromatic rings. The number of ether oxygens (including phenoxy) is 4. The zero-order valence-corrected chi connectivity index (χ0v) is 15.5. The molecule has 0 saturated heterocycles.